The Morgan fingerprint density at radius 3 is 1.19 bits per heavy atom. The van der Waals surface area contributed by atoms with Crippen molar-refractivity contribution < 1.29 is 71.7 Å². The molecule has 0 aliphatic carbocycles. The second-order valence-electron chi connectivity index (χ2n) is 21.7. The van der Waals surface area contributed by atoms with Crippen LogP contribution in [0.5, 0.6) is 0 Å². The zero-order chi connectivity index (χ0) is 59.1. The number of carbonyl (C=O) groups excluding carboxylic acids is 8. The summed E-state index contributed by atoms with van der Waals surface area (Å²) in [6, 6.07) is 0. The first-order valence-electron chi connectivity index (χ1n) is 30.0. The zero-order valence-corrected chi connectivity index (χ0v) is 51.4. The molecule has 1 aromatic heterocycles. The number of rotatable bonds is 35. The molecule has 4 atom stereocenters. The fourth-order valence-corrected chi connectivity index (χ4v) is 9.40. The van der Waals surface area contributed by atoms with Gasteiger partial charge in [-0.25, -0.2) is 9.13 Å². The lowest BCUT2D eigenvalue weighted by Gasteiger charge is -2.19. The first kappa shape index (κ1) is 73.9. The maximum absolute atomic E-state index is 12.0. The number of aromatic nitrogens is 2. The summed E-state index contributed by atoms with van der Waals surface area (Å²) in [5.74, 6) is -1.99. The SMILES string of the molecule is CCCCCCOC(=O)C1CC(=O)N(CCCOC)C1.CCCCCCOC(=O)C1CC(=O)N(CCN(C)C)C1.CCCCCCOC(=O)C1CC(=O)N(CCO)C1.CCCCN1CC(C(=O)OCCCn2cc[n+](C)c2)CC1=O.[CH3-]. The number of nitrogens with zero attached hydrogens (tertiary/aromatic N) is 7. The summed E-state index contributed by atoms with van der Waals surface area (Å²) < 4.78 is 30.0. The van der Waals surface area contributed by atoms with Crippen LogP contribution in [0.4, 0.5) is 0 Å². The highest BCUT2D eigenvalue weighted by Crippen LogP contribution is 2.23. The summed E-state index contributed by atoms with van der Waals surface area (Å²) in [7, 11) is 7.56. The van der Waals surface area contributed by atoms with Gasteiger partial charge in [0.1, 0.15) is 12.4 Å². The summed E-state index contributed by atoms with van der Waals surface area (Å²) in [5.41, 5.74) is 0. The van der Waals surface area contributed by atoms with E-state index in [1.54, 1.807) is 21.8 Å². The number of esters is 4. The Hall–Kier alpha value is -5.15. The van der Waals surface area contributed by atoms with Gasteiger partial charge in [0.05, 0.1) is 70.3 Å². The average molecular weight is 1150 g/mol. The standard InChI is InChI=1S/C16H26N3O3.C15H28N2O3.C15H27NO4.C13H23NO4.CH3/c1-3-4-7-19-12-14(11-15(19)20)16(21)22-10-5-6-18-9-8-17(2)13-18;1-4-5-6-7-10-20-15(19)13-11-14(18)17(12-13)9-8-16(2)3;1-3-4-5-6-10-20-15(18)13-11-14(17)16(12-13)8-7-9-19-2;1-2-3-4-5-8-18-13(17)11-9-12(16)14(10-11)6-7-15;/h8-9,13-14H,3-7,10-12H2,1-2H3;13H,4-12H2,1-3H3;13H,3-12H2,1-2H3;11,15H,2-10H2,1H3;1H3/q+1;;;;-1. The minimum Gasteiger partial charge on any atom is -0.465 e. The number of unbranched alkanes of at least 4 members (excludes halogenated alkanes) is 10. The molecule has 81 heavy (non-hydrogen) atoms. The molecular weight excluding hydrogens is 1040 g/mol. The number of ether oxygens (including phenoxy) is 5. The van der Waals surface area contributed by atoms with Crippen LogP contribution in [0.1, 0.15) is 156 Å². The Labute approximate surface area is 486 Å². The van der Waals surface area contributed by atoms with Crippen LogP contribution in [-0.2, 0) is 75.6 Å². The number of amides is 4. The van der Waals surface area contributed by atoms with Crippen LogP contribution in [-0.4, -0.2) is 201 Å². The van der Waals surface area contributed by atoms with E-state index in [4.69, 9.17) is 28.8 Å². The summed E-state index contributed by atoms with van der Waals surface area (Å²) in [4.78, 5) is 103. The lowest BCUT2D eigenvalue weighted by molar-refractivity contribution is -0.671. The van der Waals surface area contributed by atoms with Crippen molar-refractivity contribution in [1.29, 1.82) is 0 Å². The normalized spacial score (nSPS) is 18.4. The maximum Gasteiger partial charge on any atom is 0.311 e. The first-order chi connectivity index (χ1) is 38.5. The summed E-state index contributed by atoms with van der Waals surface area (Å²) in [5, 5.41) is 8.78. The lowest BCUT2D eigenvalue weighted by Crippen LogP contribution is -2.33. The van der Waals surface area contributed by atoms with Crippen LogP contribution in [0.15, 0.2) is 18.7 Å². The van der Waals surface area contributed by atoms with Crippen LogP contribution in [0.25, 0.3) is 0 Å². The Morgan fingerprint density at radius 2 is 0.852 bits per heavy atom. The number of imidazole rings is 1. The smallest absolute Gasteiger partial charge is 0.311 e. The molecule has 21 heteroatoms. The van der Waals surface area contributed by atoms with Crippen LogP contribution < -0.4 is 4.57 Å². The summed E-state index contributed by atoms with van der Waals surface area (Å²) in [6.45, 7) is 16.9. The zero-order valence-electron chi connectivity index (χ0n) is 51.4. The van der Waals surface area contributed by atoms with E-state index in [-0.39, 0.29) is 91.6 Å². The number of methoxy groups -OCH3 is 1. The van der Waals surface area contributed by atoms with Gasteiger partial charge < -0.3 is 60.7 Å². The predicted octanol–water partition coefficient (Wildman–Crippen LogP) is 5.81. The summed E-state index contributed by atoms with van der Waals surface area (Å²) >= 11 is 0. The molecule has 21 nitrogen and oxygen atoms in total. The van der Waals surface area contributed by atoms with Gasteiger partial charge in [0.25, 0.3) is 0 Å². The molecule has 4 aliphatic rings. The Morgan fingerprint density at radius 1 is 0.506 bits per heavy atom. The van der Waals surface area contributed by atoms with Crippen molar-refractivity contribution in [2.75, 3.05) is 120 Å². The number of carbonyl (C=O) groups is 8. The first-order valence-corrected chi connectivity index (χ1v) is 30.0. The van der Waals surface area contributed by atoms with Gasteiger partial charge in [0, 0.05) is 105 Å². The molecule has 466 valence electrons. The van der Waals surface area contributed by atoms with E-state index >= 15 is 0 Å². The van der Waals surface area contributed by atoms with Gasteiger partial charge in [0.15, 0.2) is 0 Å². The monoisotopic (exact) mass is 1150 g/mol. The van der Waals surface area contributed by atoms with Crippen molar-refractivity contribution in [2.24, 2.45) is 30.7 Å². The van der Waals surface area contributed by atoms with Crippen LogP contribution in [0.3, 0.4) is 0 Å². The number of aliphatic hydroxyl groups excluding tert-OH is 1. The topological polar surface area (TPSA) is 228 Å². The van der Waals surface area contributed by atoms with Crippen molar-refractivity contribution >= 4 is 47.5 Å². The molecule has 1 N–H and O–H groups in total. The maximum atomic E-state index is 12.0. The second kappa shape index (κ2) is 44.4. The van der Waals surface area contributed by atoms with E-state index in [9.17, 15) is 38.4 Å². The van der Waals surface area contributed by atoms with E-state index in [2.05, 4.69) is 32.3 Å². The van der Waals surface area contributed by atoms with Gasteiger partial charge in [0.2, 0.25) is 30.0 Å². The molecule has 0 radical (unpaired) electrons. The van der Waals surface area contributed by atoms with Gasteiger partial charge in [-0.05, 0) is 46.2 Å². The van der Waals surface area contributed by atoms with Crippen molar-refractivity contribution in [2.45, 2.75) is 163 Å². The third kappa shape index (κ3) is 31.2. The van der Waals surface area contributed by atoms with Crippen LogP contribution in [0, 0.1) is 31.1 Å². The molecule has 0 saturated carbocycles. The molecule has 0 spiro atoms. The third-order valence-electron chi connectivity index (χ3n) is 14.3. The van der Waals surface area contributed by atoms with Gasteiger partial charge in [-0.15, -0.1) is 0 Å². The number of aryl methyl sites for hydroxylation is 2. The quantitative estimate of drug-likeness (QED) is 0.0278. The van der Waals surface area contributed by atoms with Gasteiger partial charge in [-0.1, -0.05) is 91.9 Å². The minimum atomic E-state index is -0.352. The molecule has 0 bridgehead atoms. The number of β-amino-alcohol motifs (C(OH)–C–C–N with tert-alkyl or cyclic N) is 1. The number of likely N-dealkylation sites (tertiary alicyclic amines) is 4. The lowest BCUT2D eigenvalue weighted by atomic mass is 10.1. The molecule has 4 aliphatic heterocycles. The van der Waals surface area contributed by atoms with E-state index < -0.39 is 0 Å². The Balaban J connectivity index is 0.000000539. The molecule has 1 aromatic rings. The third-order valence-corrected chi connectivity index (χ3v) is 14.3. The highest BCUT2D eigenvalue weighted by Gasteiger charge is 2.38. The highest BCUT2D eigenvalue weighted by atomic mass is 16.5. The molecular formula is C60H107N7O14. The minimum absolute atomic E-state index is 0. The second-order valence-corrected chi connectivity index (χ2v) is 21.7. The van der Waals surface area contributed by atoms with Gasteiger partial charge in [-0.3, -0.25) is 38.4 Å². The number of aliphatic hydroxyl groups is 1. The fourth-order valence-electron chi connectivity index (χ4n) is 9.40. The van der Waals surface area contributed by atoms with Crippen molar-refractivity contribution in [3.8, 4) is 0 Å². The van der Waals surface area contributed by atoms with E-state index in [1.165, 1.54) is 30.6 Å². The van der Waals surface area contributed by atoms with Gasteiger partial charge in [-0.2, -0.15) is 0 Å². The van der Waals surface area contributed by atoms with E-state index in [0.717, 1.165) is 96.7 Å². The van der Waals surface area contributed by atoms with Crippen LogP contribution >= 0.6 is 0 Å². The molecule has 4 fully saturated rings. The van der Waals surface area contributed by atoms with Gasteiger partial charge >= 0.3 is 23.9 Å². The molecule has 4 amide bonds. The van der Waals surface area contributed by atoms with Crippen molar-refractivity contribution in [3.63, 3.8) is 0 Å². The summed E-state index contributed by atoms with van der Waals surface area (Å²) in [6.07, 6.45) is 23.7. The number of likely N-dealkylation sites (N-methyl/N-ethyl adjacent to an activating group) is 1. The molecule has 5 rings (SSSR count). The number of hydrogen-bond donors (Lipinski definition) is 1. The van der Waals surface area contributed by atoms with E-state index in [0.29, 0.717) is 98.1 Å². The fraction of sp³-hybridized carbons (Fsp3) is 0.800. The van der Waals surface area contributed by atoms with Crippen molar-refractivity contribution in [1.82, 2.24) is 29.1 Å². The molecule has 5 heterocycles. The number of hydrogen-bond acceptors (Lipinski definition) is 15. The predicted molar refractivity (Wildman–Crippen MR) is 309 cm³/mol. The molecule has 0 aromatic carbocycles. The highest BCUT2D eigenvalue weighted by molar-refractivity contribution is 5.88. The molecule has 4 saturated heterocycles. The van der Waals surface area contributed by atoms with Crippen molar-refractivity contribution in [3.05, 3.63) is 26.1 Å². The Bertz CT molecular complexity index is 1950. The molecule has 4 unspecified atom stereocenters. The van der Waals surface area contributed by atoms with Crippen LogP contribution in [0.2, 0.25) is 0 Å². The Kier molecular flexibility index (Phi) is 40.5. The van der Waals surface area contributed by atoms with E-state index in [1.807, 2.05) is 49.3 Å². The largest absolute Gasteiger partial charge is 0.465 e. The average Bonchev–Trinajstić information content (AvgIpc) is 4.29.